The van der Waals surface area contributed by atoms with E-state index in [9.17, 15) is 13.2 Å². The molecule has 0 unspecified atom stereocenters. The minimum Gasteiger partial charge on any atom is -0.323 e. The summed E-state index contributed by atoms with van der Waals surface area (Å²) in [6.45, 7) is 1.74. The number of hydrogen-bond donors (Lipinski definition) is 2. The fraction of sp³-hybridized carbons (Fsp3) is 0.0476. The first-order valence-electron chi connectivity index (χ1n) is 9.24. The summed E-state index contributed by atoms with van der Waals surface area (Å²) in [4.78, 5) is 24.4. The molecule has 4 aromatic rings. The molecule has 156 valence electrons. The molecule has 9 nitrogen and oxygen atoms in total. The smallest absolute Gasteiger partial charge is 0.264 e. The number of fused-ring (bicyclic) bond motifs is 1. The molecule has 3 heterocycles. The first-order chi connectivity index (χ1) is 14.9. The number of anilines is 2. The Labute approximate surface area is 178 Å². The molecule has 1 aromatic carbocycles. The van der Waals surface area contributed by atoms with Gasteiger partial charge in [0.25, 0.3) is 10.0 Å². The Morgan fingerprint density at radius 3 is 2.65 bits per heavy atom. The van der Waals surface area contributed by atoms with Crippen molar-refractivity contribution in [1.29, 1.82) is 0 Å². The van der Waals surface area contributed by atoms with Gasteiger partial charge in [0.15, 0.2) is 0 Å². The lowest BCUT2D eigenvalue weighted by molar-refractivity contribution is -0.111. The molecule has 0 saturated carbocycles. The van der Waals surface area contributed by atoms with Crippen LogP contribution in [-0.2, 0) is 14.8 Å². The molecule has 0 aliphatic rings. The third-order valence-electron chi connectivity index (χ3n) is 4.30. The second-order valence-electron chi connectivity index (χ2n) is 6.59. The van der Waals surface area contributed by atoms with E-state index in [0.717, 1.165) is 11.3 Å². The van der Waals surface area contributed by atoms with Crippen molar-refractivity contribution in [3.05, 3.63) is 84.6 Å². The van der Waals surface area contributed by atoms with Gasteiger partial charge in [0.1, 0.15) is 5.65 Å². The minimum atomic E-state index is -3.85. The lowest BCUT2D eigenvalue weighted by Gasteiger charge is -2.08. The maximum absolute atomic E-state index is 12.5. The molecule has 0 atom stereocenters. The quantitative estimate of drug-likeness (QED) is 0.451. The van der Waals surface area contributed by atoms with E-state index in [1.165, 1.54) is 36.5 Å². The van der Waals surface area contributed by atoms with Crippen LogP contribution in [0.3, 0.4) is 0 Å². The highest BCUT2D eigenvalue weighted by Gasteiger charge is 2.15. The van der Waals surface area contributed by atoms with E-state index < -0.39 is 10.0 Å². The van der Waals surface area contributed by atoms with E-state index in [2.05, 4.69) is 25.0 Å². The molecule has 0 radical (unpaired) electrons. The Bertz CT molecular complexity index is 1380. The molecule has 0 bridgehead atoms. The first kappa shape index (κ1) is 20.2. The number of aryl methyl sites for hydroxylation is 1. The maximum atomic E-state index is 12.5. The monoisotopic (exact) mass is 434 g/mol. The summed E-state index contributed by atoms with van der Waals surface area (Å²) in [7, 11) is -3.85. The van der Waals surface area contributed by atoms with Crippen molar-refractivity contribution in [2.75, 3.05) is 10.0 Å². The normalized spacial score (nSPS) is 11.6. The van der Waals surface area contributed by atoms with Crippen molar-refractivity contribution in [2.45, 2.75) is 11.8 Å². The van der Waals surface area contributed by atoms with Gasteiger partial charge in [-0.1, -0.05) is 6.07 Å². The van der Waals surface area contributed by atoms with E-state index in [4.69, 9.17) is 0 Å². The number of nitrogens with zero attached hydrogens (tertiary/aromatic N) is 4. The topological polar surface area (TPSA) is 118 Å². The molecule has 0 spiro atoms. The van der Waals surface area contributed by atoms with Crippen LogP contribution in [0.15, 0.2) is 78.1 Å². The number of carbonyl (C=O) groups is 1. The molecular formula is C21H18N6O3S. The lowest BCUT2D eigenvalue weighted by atomic mass is 10.3. The molecule has 3 aromatic heterocycles. The highest BCUT2D eigenvalue weighted by Crippen LogP contribution is 2.17. The second-order valence-corrected chi connectivity index (χ2v) is 8.27. The van der Waals surface area contributed by atoms with E-state index in [0.29, 0.717) is 11.4 Å². The van der Waals surface area contributed by atoms with Crippen molar-refractivity contribution in [2.24, 2.45) is 0 Å². The van der Waals surface area contributed by atoms with E-state index in [1.807, 2.05) is 28.8 Å². The Morgan fingerprint density at radius 1 is 1.06 bits per heavy atom. The van der Waals surface area contributed by atoms with Gasteiger partial charge in [0, 0.05) is 29.9 Å². The molecule has 31 heavy (non-hydrogen) atoms. The van der Waals surface area contributed by atoms with Crippen LogP contribution in [0.5, 0.6) is 0 Å². The lowest BCUT2D eigenvalue weighted by Crippen LogP contribution is -2.15. The molecule has 0 aliphatic heterocycles. The number of rotatable bonds is 6. The fourth-order valence-corrected chi connectivity index (χ4v) is 3.77. The third kappa shape index (κ3) is 4.75. The van der Waals surface area contributed by atoms with Crippen LogP contribution in [0.4, 0.5) is 11.6 Å². The van der Waals surface area contributed by atoms with E-state index in [1.54, 1.807) is 25.3 Å². The van der Waals surface area contributed by atoms with Crippen LogP contribution in [-0.4, -0.2) is 33.7 Å². The molecule has 0 saturated heterocycles. The average Bonchev–Trinajstić information content (AvgIpc) is 3.15. The second kappa shape index (κ2) is 8.36. The van der Waals surface area contributed by atoms with Gasteiger partial charge in [-0.05, 0) is 55.5 Å². The molecule has 10 heteroatoms. The predicted octanol–water partition coefficient (Wildman–Crippen LogP) is 2.89. The highest BCUT2D eigenvalue weighted by atomic mass is 32.2. The van der Waals surface area contributed by atoms with Crippen LogP contribution in [0.25, 0.3) is 11.7 Å². The number of sulfonamides is 1. The number of carbonyl (C=O) groups excluding carboxylic acids is 1. The molecule has 0 aliphatic carbocycles. The summed E-state index contributed by atoms with van der Waals surface area (Å²) in [5, 5.41) is 2.69. The van der Waals surface area contributed by atoms with Crippen molar-refractivity contribution in [1.82, 2.24) is 19.4 Å². The summed E-state index contributed by atoms with van der Waals surface area (Å²) in [5.41, 5.74) is 2.64. The highest BCUT2D eigenvalue weighted by molar-refractivity contribution is 7.92. The zero-order valence-corrected chi connectivity index (χ0v) is 17.2. The summed E-state index contributed by atoms with van der Waals surface area (Å²) in [6.07, 6.45) is 8.04. The SMILES string of the molecule is Cc1ccnc(NS(=O)(=O)c2ccc(NC(=O)/C=C/c3cnc4ccccn34)cc2)n1. The fourth-order valence-electron chi connectivity index (χ4n) is 2.82. The summed E-state index contributed by atoms with van der Waals surface area (Å²) >= 11 is 0. The van der Waals surface area contributed by atoms with Crippen molar-refractivity contribution >= 4 is 39.3 Å². The number of benzene rings is 1. The summed E-state index contributed by atoms with van der Waals surface area (Å²) < 4.78 is 29.2. The zero-order valence-electron chi connectivity index (χ0n) is 16.4. The van der Waals surface area contributed by atoms with Crippen molar-refractivity contribution in [3.8, 4) is 0 Å². The largest absolute Gasteiger partial charge is 0.323 e. The van der Waals surface area contributed by atoms with Gasteiger partial charge in [-0.3, -0.25) is 4.79 Å². The van der Waals surface area contributed by atoms with Gasteiger partial charge in [0.2, 0.25) is 11.9 Å². The van der Waals surface area contributed by atoms with Crippen LogP contribution >= 0.6 is 0 Å². The first-order valence-corrected chi connectivity index (χ1v) is 10.7. The third-order valence-corrected chi connectivity index (χ3v) is 5.65. The number of pyridine rings is 1. The Kier molecular flexibility index (Phi) is 5.46. The van der Waals surface area contributed by atoms with Crippen molar-refractivity contribution in [3.63, 3.8) is 0 Å². The van der Waals surface area contributed by atoms with E-state index >= 15 is 0 Å². The summed E-state index contributed by atoms with van der Waals surface area (Å²) in [5.74, 6) is -0.359. The zero-order chi connectivity index (χ0) is 21.8. The van der Waals surface area contributed by atoms with Crippen LogP contribution in [0, 0.1) is 6.92 Å². The van der Waals surface area contributed by atoms with E-state index in [-0.39, 0.29) is 16.8 Å². The van der Waals surface area contributed by atoms with Gasteiger partial charge in [-0.25, -0.2) is 28.1 Å². The van der Waals surface area contributed by atoms with Gasteiger partial charge >= 0.3 is 0 Å². The van der Waals surface area contributed by atoms with Crippen LogP contribution < -0.4 is 10.0 Å². The number of aromatic nitrogens is 4. The average molecular weight is 434 g/mol. The van der Waals surface area contributed by atoms with Crippen LogP contribution in [0.1, 0.15) is 11.4 Å². The number of imidazole rings is 1. The van der Waals surface area contributed by atoms with Crippen molar-refractivity contribution < 1.29 is 13.2 Å². The van der Waals surface area contributed by atoms with Gasteiger partial charge in [-0.15, -0.1) is 0 Å². The molecular weight excluding hydrogens is 416 g/mol. The number of hydrogen-bond acceptors (Lipinski definition) is 6. The molecule has 1 amide bonds. The maximum Gasteiger partial charge on any atom is 0.264 e. The predicted molar refractivity (Wildman–Crippen MR) is 117 cm³/mol. The number of amides is 1. The molecule has 2 N–H and O–H groups in total. The standard InChI is InChI=1S/C21H18N6O3S/c1-15-11-12-22-21(24-15)26-31(29,30)18-8-5-16(6-9-18)25-20(28)10-7-17-14-23-19-4-2-3-13-27(17)19/h2-14H,1H3,(H,25,28)(H,22,24,26)/b10-7+. The minimum absolute atomic E-state index is 0.00471. The molecule has 0 fully saturated rings. The van der Waals surface area contributed by atoms with Gasteiger partial charge < -0.3 is 9.72 Å². The Morgan fingerprint density at radius 2 is 1.87 bits per heavy atom. The van der Waals surface area contributed by atoms with Gasteiger partial charge in [-0.2, -0.15) is 0 Å². The number of nitrogens with one attached hydrogen (secondary N) is 2. The summed E-state index contributed by atoms with van der Waals surface area (Å²) in [6, 6.07) is 13.1. The Balaban J connectivity index is 1.42. The van der Waals surface area contributed by atoms with Gasteiger partial charge in [0.05, 0.1) is 16.8 Å². The Hall–Kier alpha value is -4.05. The molecule has 4 rings (SSSR count). The van der Waals surface area contributed by atoms with Crippen LogP contribution in [0.2, 0.25) is 0 Å².